The maximum Gasteiger partial charge on any atom is 0.144 e. The third kappa shape index (κ3) is 5.13. The van der Waals surface area contributed by atoms with E-state index < -0.39 is 11.6 Å². The van der Waals surface area contributed by atoms with Gasteiger partial charge in [-0.05, 0) is 66.7 Å². The summed E-state index contributed by atoms with van der Waals surface area (Å²) in [5, 5.41) is 11.7. The molecule has 0 radical (unpaired) electrons. The van der Waals surface area contributed by atoms with Crippen LogP contribution in [0.1, 0.15) is 0 Å². The van der Waals surface area contributed by atoms with E-state index in [9.17, 15) is 8.78 Å². The van der Waals surface area contributed by atoms with Crippen molar-refractivity contribution in [1.82, 2.24) is 20.1 Å². The minimum Gasteiger partial charge on any atom is -0.494 e. The molecule has 1 aliphatic rings. The molecule has 1 aliphatic heterocycles. The molecule has 0 spiro atoms. The Morgan fingerprint density at radius 3 is 2.44 bits per heavy atom. The number of methoxy groups -OCH3 is 1. The molecule has 0 bridgehead atoms. The van der Waals surface area contributed by atoms with Gasteiger partial charge in [0.25, 0.3) is 0 Å². The summed E-state index contributed by atoms with van der Waals surface area (Å²) in [6.45, 7) is 4.01. The minimum atomic E-state index is -0.620. The first kappa shape index (κ1) is 24.8. The van der Waals surface area contributed by atoms with Gasteiger partial charge in [0.05, 0.1) is 24.0 Å². The van der Waals surface area contributed by atoms with Gasteiger partial charge in [-0.15, -0.1) is 0 Å². The summed E-state index contributed by atoms with van der Waals surface area (Å²) < 4.78 is 33.4. The van der Waals surface area contributed by atoms with Gasteiger partial charge in [-0.25, -0.2) is 13.8 Å². The molecule has 9 heteroatoms. The maximum absolute atomic E-state index is 13.8. The fraction of sp³-hybridized carbons (Fsp3) is 0.200. The monoisotopic (exact) mass is 526 g/mol. The lowest BCUT2D eigenvalue weighted by Gasteiger charge is -2.34. The highest BCUT2D eigenvalue weighted by Crippen LogP contribution is 2.34. The summed E-state index contributed by atoms with van der Waals surface area (Å²) in [6, 6.07) is 20.8. The molecular weight excluding hydrogens is 498 g/mol. The number of H-pyrrole nitrogens is 1. The standard InChI is InChI=1S/C30H28F2N6O/c1-37-10-12-38(13-11-37)23-7-9-26(28(18-23)39-2)33-29-5-3-4-27(34-29)30-24-16-19(6-8-25(24)35-36-30)20-14-21(31)17-22(32)15-20/h3-9,14-18H,10-13H2,1-2H3,(H,33,34)(H,35,36). The maximum atomic E-state index is 13.8. The molecule has 2 N–H and O–H groups in total. The molecule has 0 aliphatic carbocycles. The molecule has 1 saturated heterocycles. The highest BCUT2D eigenvalue weighted by Gasteiger charge is 2.17. The van der Waals surface area contributed by atoms with E-state index in [2.05, 4.69) is 44.5 Å². The van der Waals surface area contributed by atoms with Gasteiger partial charge >= 0.3 is 0 Å². The number of aromatic amines is 1. The first-order chi connectivity index (χ1) is 19.0. The lowest BCUT2D eigenvalue weighted by atomic mass is 10.0. The van der Waals surface area contributed by atoms with Gasteiger partial charge in [0.2, 0.25) is 0 Å². The van der Waals surface area contributed by atoms with Gasteiger partial charge < -0.3 is 19.9 Å². The van der Waals surface area contributed by atoms with E-state index in [1.807, 2.05) is 42.5 Å². The number of nitrogens with zero attached hydrogens (tertiary/aromatic N) is 4. The molecule has 7 nitrogen and oxygen atoms in total. The number of ether oxygens (including phenoxy) is 1. The van der Waals surface area contributed by atoms with Gasteiger partial charge in [-0.1, -0.05) is 12.1 Å². The van der Waals surface area contributed by atoms with Gasteiger partial charge in [0.15, 0.2) is 0 Å². The number of hydrogen-bond donors (Lipinski definition) is 2. The molecule has 0 saturated carbocycles. The number of aromatic nitrogens is 3. The van der Waals surface area contributed by atoms with Crippen molar-refractivity contribution >= 4 is 28.1 Å². The van der Waals surface area contributed by atoms with E-state index >= 15 is 0 Å². The van der Waals surface area contributed by atoms with Crippen molar-refractivity contribution in [2.75, 3.05) is 50.6 Å². The van der Waals surface area contributed by atoms with Crippen LogP contribution >= 0.6 is 0 Å². The Balaban J connectivity index is 1.29. The Hall–Kier alpha value is -4.50. The minimum absolute atomic E-state index is 0.456. The molecule has 0 unspecified atom stereocenters. The summed E-state index contributed by atoms with van der Waals surface area (Å²) in [6.07, 6.45) is 0. The van der Waals surface area contributed by atoms with Crippen molar-refractivity contribution in [3.05, 3.63) is 84.4 Å². The Kier molecular flexibility index (Phi) is 6.58. The molecule has 0 atom stereocenters. The Labute approximate surface area is 225 Å². The zero-order valence-electron chi connectivity index (χ0n) is 21.7. The number of halogens is 2. The number of anilines is 3. The lowest BCUT2D eigenvalue weighted by molar-refractivity contribution is 0.312. The van der Waals surface area contributed by atoms with Crippen LogP contribution in [0.4, 0.5) is 26.0 Å². The predicted octanol–water partition coefficient (Wildman–Crippen LogP) is 6.07. The summed E-state index contributed by atoms with van der Waals surface area (Å²) in [4.78, 5) is 9.49. The second-order valence-corrected chi connectivity index (χ2v) is 9.70. The van der Waals surface area contributed by atoms with Gasteiger partial charge in [0.1, 0.15) is 28.9 Å². The Morgan fingerprint density at radius 1 is 0.872 bits per heavy atom. The van der Waals surface area contributed by atoms with Crippen molar-refractivity contribution in [1.29, 1.82) is 0 Å². The summed E-state index contributed by atoms with van der Waals surface area (Å²) in [5.74, 6) is 0.128. The Bertz CT molecular complexity index is 1620. The van der Waals surface area contributed by atoms with Gasteiger partial charge in [-0.3, -0.25) is 5.10 Å². The van der Waals surface area contributed by atoms with Crippen LogP contribution in [0.2, 0.25) is 0 Å². The number of piperazine rings is 1. The summed E-state index contributed by atoms with van der Waals surface area (Å²) >= 11 is 0. The molecule has 39 heavy (non-hydrogen) atoms. The number of hydrogen-bond acceptors (Lipinski definition) is 6. The lowest BCUT2D eigenvalue weighted by Crippen LogP contribution is -2.44. The van der Waals surface area contributed by atoms with Crippen LogP contribution in [0.15, 0.2) is 72.8 Å². The zero-order valence-corrected chi connectivity index (χ0v) is 21.7. The predicted molar refractivity (Wildman–Crippen MR) is 151 cm³/mol. The SMILES string of the molecule is COc1cc(N2CCN(C)CC2)ccc1Nc1cccc(-c2n[nH]c3ccc(-c4cc(F)cc(F)c4)cc23)n1. The third-order valence-electron chi connectivity index (χ3n) is 7.07. The first-order valence-corrected chi connectivity index (χ1v) is 12.8. The van der Waals surface area contributed by atoms with Crippen molar-refractivity contribution in [2.24, 2.45) is 0 Å². The third-order valence-corrected chi connectivity index (χ3v) is 7.07. The summed E-state index contributed by atoms with van der Waals surface area (Å²) in [7, 11) is 3.80. The number of rotatable bonds is 6. The van der Waals surface area contributed by atoms with E-state index in [0.717, 1.165) is 60.3 Å². The molecule has 3 heterocycles. The van der Waals surface area contributed by atoms with E-state index in [1.54, 1.807) is 7.11 Å². The molecule has 6 rings (SSSR count). The van der Waals surface area contributed by atoms with Gasteiger partial charge in [-0.2, -0.15) is 5.10 Å². The number of pyridine rings is 1. The molecule has 198 valence electrons. The highest BCUT2D eigenvalue weighted by molar-refractivity contribution is 5.95. The normalized spacial score (nSPS) is 14.1. The van der Waals surface area contributed by atoms with Crippen LogP contribution in [0.25, 0.3) is 33.4 Å². The van der Waals surface area contributed by atoms with Crippen molar-refractivity contribution < 1.29 is 13.5 Å². The topological polar surface area (TPSA) is 69.3 Å². The molecule has 5 aromatic rings. The van der Waals surface area contributed by atoms with Gasteiger partial charge in [0, 0.05) is 49.4 Å². The first-order valence-electron chi connectivity index (χ1n) is 12.8. The molecule has 1 fully saturated rings. The fourth-order valence-corrected chi connectivity index (χ4v) is 4.93. The quantitative estimate of drug-likeness (QED) is 0.280. The fourth-order valence-electron chi connectivity index (χ4n) is 4.93. The smallest absolute Gasteiger partial charge is 0.144 e. The van der Waals surface area contributed by atoms with Crippen LogP contribution in [0, 0.1) is 11.6 Å². The second kappa shape index (κ2) is 10.3. The molecule has 3 aromatic carbocycles. The van der Waals surface area contributed by atoms with Crippen molar-refractivity contribution in [3.63, 3.8) is 0 Å². The van der Waals surface area contributed by atoms with Crippen LogP contribution in [0.5, 0.6) is 5.75 Å². The van der Waals surface area contributed by atoms with Crippen LogP contribution < -0.4 is 15.0 Å². The molecule has 2 aromatic heterocycles. The van der Waals surface area contributed by atoms with E-state index in [1.165, 1.54) is 12.1 Å². The van der Waals surface area contributed by atoms with Crippen LogP contribution in [-0.4, -0.2) is 60.4 Å². The second-order valence-electron chi connectivity index (χ2n) is 9.70. The van der Waals surface area contributed by atoms with E-state index in [0.29, 0.717) is 28.3 Å². The van der Waals surface area contributed by atoms with E-state index in [-0.39, 0.29) is 0 Å². The van der Waals surface area contributed by atoms with Crippen molar-refractivity contribution in [2.45, 2.75) is 0 Å². The molecule has 0 amide bonds. The van der Waals surface area contributed by atoms with Crippen LogP contribution in [0.3, 0.4) is 0 Å². The van der Waals surface area contributed by atoms with Crippen molar-refractivity contribution in [3.8, 4) is 28.3 Å². The average Bonchev–Trinajstić information content (AvgIpc) is 3.37. The largest absolute Gasteiger partial charge is 0.494 e. The number of likely N-dealkylation sites (N-methyl/N-ethyl adjacent to an activating group) is 1. The Morgan fingerprint density at radius 2 is 1.67 bits per heavy atom. The summed E-state index contributed by atoms with van der Waals surface area (Å²) in [5.41, 5.74) is 5.17. The number of fused-ring (bicyclic) bond motifs is 1. The van der Waals surface area contributed by atoms with Crippen LogP contribution in [-0.2, 0) is 0 Å². The number of benzene rings is 3. The molecular formula is C30H28F2N6O. The number of nitrogens with one attached hydrogen (secondary N) is 2. The average molecular weight is 527 g/mol. The zero-order chi connectivity index (χ0) is 26.9. The highest BCUT2D eigenvalue weighted by atomic mass is 19.1. The van der Waals surface area contributed by atoms with E-state index in [4.69, 9.17) is 9.72 Å².